The van der Waals surface area contributed by atoms with Gasteiger partial charge in [0, 0.05) is 16.5 Å². The van der Waals surface area contributed by atoms with E-state index in [2.05, 4.69) is 5.32 Å². The molecule has 0 radical (unpaired) electrons. The number of fused-ring (bicyclic) bond motifs is 2. The first-order valence-corrected chi connectivity index (χ1v) is 15.4. The van der Waals surface area contributed by atoms with Gasteiger partial charge in [-0.15, -0.1) is 0 Å². The highest BCUT2D eigenvalue weighted by molar-refractivity contribution is 8.00. The molecule has 1 fully saturated rings. The normalized spacial score (nSPS) is 18.9. The number of nitrogens with zero attached hydrogens (tertiary/aromatic N) is 2. The van der Waals surface area contributed by atoms with Gasteiger partial charge >= 0.3 is 4.87 Å². The first kappa shape index (κ1) is 29.5. The second kappa shape index (κ2) is 11.9. The van der Waals surface area contributed by atoms with Crippen molar-refractivity contribution < 1.29 is 28.6 Å². The number of thiazole rings is 1. The predicted octanol–water partition coefficient (Wildman–Crippen LogP) is 4.68. The zero-order chi connectivity index (χ0) is 31.1. The summed E-state index contributed by atoms with van der Waals surface area (Å²) in [6.07, 6.45) is 0. The number of amides is 3. The molecule has 44 heavy (non-hydrogen) atoms. The molecule has 2 aliphatic heterocycles. The standard InChI is InChI=1S/C32H29N3O7S2/c1-17-5-8-19(9-6-17)33-24(36)16-34-31-28(44-32(34)39)25(18-7-14-22(41-3)23(15-18)42-4)26-27(43-31)30(38)35(29(26)37)20-10-12-21(40-2)13-11-20/h5-15,25-27H,16H2,1-4H3,(H,33,36). The molecule has 0 bridgehead atoms. The maximum absolute atomic E-state index is 14.1. The second-order valence-corrected chi connectivity index (χ2v) is 12.5. The molecule has 0 aliphatic carbocycles. The Hall–Kier alpha value is -4.55. The molecule has 226 valence electrons. The van der Waals surface area contributed by atoms with Crippen LogP contribution in [0.3, 0.4) is 0 Å². The van der Waals surface area contributed by atoms with Gasteiger partial charge in [0.05, 0.1) is 38.0 Å². The third-order valence-electron chi connectivity index (χ3n) is 7.78. The number of nitrogens with one attached hydrogen (secondary N) is 1. The van der Waals surface area contributed by atoms with Crippen molar-refractivity contribution in [1.29, 1.82) is 0 Å². The fraction of sp³-hybridized carbons (Fsp3) is 0.250. The van der Waals surface area contributed by atoms with Crippen molar-refractivity contribution in [3.8, 4) is 17.2 Å². The summed E-state index contributed by atoms with van der Waals surface area (Å²) in [7, 11) is 4.59. The Morgan fingerprint density at radius 1 is 0.864 bits per heavy atom. The zero-order valence-corrected chi connectivity index (χ0v) is 26.0. The molecule has 4 aromatic rings. The molecule has 0 spiro atoms. The first-order valence-electron chi connectivity index (χ1n) is 13.7. The van der Waals surface area contributed by atoms with Crippen molar-refractivity contribution in [3.63, 3.8) is 0 Å². The molecule has 6 rings (SSSR count). The maximum Gasteiger partial charge on any atom is 0.308 e. The summed E-state index contributed by atoms with van der Waals surface area (Å²) in [5.74, 6) is -1.02. The summed E-state index contributed by atoms with van der Waals surface area (Å²) in [5.41, 5.74) is 2.78. The van der Waals surface area contributed by atoms with Crippen molar-refractivity contribution in [2.24, 2.45) is 5.92 Å². The number of ether oxygens (including phenoxy) is 3. The van der Waals surface area contributed by atoms with Crippen LogP contribution in [0.1, 0.15) is 21.9 Å². The Balaban J connectivity index is 1.43. The zero-order valence-electron chi connectivity index (χ0n) is 24.4. The van der Waals surface area contributed by atoms with E-state index in [4.69, 9.17) is 14.2 Å². The van der Waals surface area contributed by atoms with Crippen molar-refractivity contribution >= 4 is 52.2 Å². The van der Waals surface area contributed by atoms with Crippen LogP contribution in [0.2, 0.25) is 0 Å². The number of thioether (sulfide) groups is 1. The fourth-order valence-electron chi connectivity index (χ4n) is 5.63. The summed E-state index contributed by atoms with van der Waals surface area (Å²) in [4.78, 5) is 56.1. The number of carbonyl (C=O) groups excluding carboxylic acids is 3. The van der Waals surface area contributed by atoms with Crippen LogP contribution < -0.4 is 29.3 Å². The molecule has 3 amide bonds. The van der Waals surface area contributed by atoms with Crippen LogP contribution in [0, 0.1) is 12.8 Å². The van der Waals surface area contributed by atoms with E-state index >= 15 is 0 Å². The average Bonchev–Trinajstić information content (AvgIpc) is 3.47. The largest absolute Gasteiger partial charge is 0.497 e. The van der Waals surface area contributed by atoms with Gasteiger partial charge in [-0.2, -0.15) is 0 Å². The molecule has 2 aliphatic rings. The summed E-state index contributed by atoms with van der Waals surface area (Å²) in [5, 5.41) is 2.51. The minimum atomic E-state index is -0.824. The number of aryl methyl sites for hydroxylation is 1. The van der Waals surface area contributed by atoms with E-state index < -0.39 is 17.1 Å². The van der Waals surface area contributed by atoms with Crippen LogP contribution >= 0.6 is 23.1 Å². The Bertz CT molecular complexity index is 1810. The minimum Gasteiger partial charge on any atom is -0.497 e. The molecule has 3 heterocycles. The summed E-state index contributed by atoms with van der Waals surface area (Å²) >= 11 is 2.14. The molecule has 1 aromatic heterocycles. The van der Waals surface area contributed by atoms with Crippen LogP contribution in [-0.2, 0) is 20.9 Å². The lowest BCUT2D eigenvalue weighted by molar-refractivity contribution is -0.122. The third-order valence-corrected chi connectivity index (χ3v) is 10.4. The molecule has 3 atom stereocenters. The summed E-state index contributed by atoms with van der Waals surface area (Å²) in [6.45, 7) is 1.71. The monoisotopic (exact) mass is 631 g/mol. The lowest BCUT2D eigenvalue weighted by atomic mass is 9.83. The van der Waals surface area contributed by atoms with E-state index in [9.17, 15) is 19.2 Å². The van der Waals surface area contributed by atoms with Gasteiger partial charge in [0.15, 0.2) is 11.5 Å². The summed E-state index contributed by atoms with van der Waals surface area (Å²) in [6, 6.07) is 19.4. The molecular weight excluding hydrogens is 603 g/mol. The average molecular weight is 632 g/mol. The molecule has 10 nitrogen and oxygen atoms in total. The highest BCUT2D eigenvalue weighted by atomic mass is 32.2. The van der Waals surface area contributed by atoms with Gasteiger partial charge in [0.25, 0.3) is 0 Å². The van der Waals surface area contributed by atoms with E-state index in [0.717, 1.165) is 28.7 Å². The number of benzene rings is 3. The fourth-order valence-corrected chi connectivity index (χ4v) is 8.40. The molecule has 12 heteroatoms. The van der Waals surface area contributed by atoms with Crippen molar-refractivity contribution in [1.82, 2.24) is 4.57 Å². The quantitative estimate of drug-likeness (QED) is 0.279. The van der Waals surface area contributed by atoms with E-state index in [-0.39, 0.29) is 29.1 Å². The van der Waals surface area contributed by atoms with Crippen LogP contribution in [0.5, 0.6) is 17.2 Å². The number of anilines is 2. The number of aromatic nitrogens is 1. The highest BCUT2D eigenvalue weighted by Gasteiger charge is 2.57. The van der Waals surface area contributed by atoms with Crippen LogP contribution in [0.15, 0.2) is 76.6 Å². The van der Waals surface area contributed by atoms with Gasteiger partial charge in [0.1, 0.15) is 17.5 Å². The Labute approximate surface area is 261 Å². The number of rotatable bonds is 8. The van der Waals surface area contributed by atoms with E-state index in [1.807, 2.05) is 25.1 Å². The maximum atomic E-state index is 14.1. The Morgan fingerprint density at radius 2 is 1.57 bits per heavy atom. The van der Waals surface area contributed by atoms with Gasteiger partial charge in [-0.05, 0) is 61.0 Å². The van der Waals surface area contributed by atoms with E-state index in [1.54, 1.807) is 55.6 Å². The van der Waals surface area contributed by atoms with Crippen molar-refractivity contribution in [3.05, 3.63) is 92.4 Å². The van der Waals surface area contributed by atoms with Crippen LogP contribution in [0.4, 0.5) is 11.4 Å². The second-order valence-electron chi connectivity index (χ2n) is 10.4. The van der Waals surface area contributed by atoms with Crippen molar-refractivity contribution in [2.45, 2.75) is 29.7 Å². The first-order chi connectivity index (χ1) is 21.2. The topological polar surface area (TPSA) is 116 Å². The van der Waals surface area contributed by atoms with E-state index in [0.29, 0.717) is 44.1 Å². The molecule has 0 saturated carbocycles. The molecular formula is C32H29N3O7S2. The number of imide groups is 1. The number of methoxy groups -OCH3 is 3. The van der Waals surface area contributed by atoms with Crippen molar-refractivity contribution in [2.75, 3.05) is 31.5 Å². The van der Waals surface area contributed by atoms with Gasteiger partial charge in [0.2, 0.25) is 17.7 Å². The number of carbonyl (C=O) groups is 3. The molecule has 3 unspecified atom stereocenters. The Kier molecular flexibility index (Phi) is 7.95. The molecule has 3 aromatic carbocycles. The minimum absolute atomic E-state index is 0.244. The predicted molar refractivity (Wildman–Crippen MR) is 168 cm³/mol. The lowest BCUT2D eigenvalue weighted by Crippen LogP contribution is -2.33. The number of hydrogen-bond donors (Lipinski definition) is 1. The van der Waals surface area contributed by atoms with Crippen LogP contribution in [-0.4, -0.2) is 48.9 Å². The Morgan fingerprint density at radius 3 is 2.23 bits per heavy atom. The third kappa shape index (κ3) is 5.13. The number of hydrogen-bond acceptors (Lipinski definition) is 9. The summed E-state index contributed by atoms with van der Waals surface area (Å²) < 4.78 is 17.6. The smallest absolute Gasteiger partial charge is 0.308 e. The van der Waals surface area contributed by atoms with Gasteiger partial charge in [-0.1, -0.05) is 46.9 Å². The van der Waals surface area contributed by atoms with Gasteiger partial charge < -0.3 is 19.5 Å². The van der Waals surface area contributed by atoms with Gasteiger partial charge in [-0.3, -0.25) is 23.7 Å². The lowest BCUT2D eigenvalue weighted by Gasteiger charge is -2.31. The molecule has 1 N–H and O–H groups in total. The van der Waals surface area contributed by atoms with Crippen LogP contribution in [0.25, 0.3) is 0 Å². The highest BCUT2D eigenvalue weighted by Crippen LogP contribution is 2.54. The molecule has 1 saturated heterocycles. The van der Waals surface area contributed by atoms with E-state index in [1.165, 1.54) is 23.7 Å². The van der Waals surface area contributed by atoms with Gasteiger partial charge in [-0.25, -0.2) is 4.90 Å². The SMILES string of the molecule is COc1ccc(N2C(=O)C3Sc4c(sc(=O)n4CC(=O)Nc4ccc(C)cc4)C(c4ccc(OC)c(OC)c4)C3C2=O)cc1.